The average Bonchev–Trinajstić information content (AvgIpc) is 3.07. The van der Waals surface area contributed by atoms with Crippen LogP contribution in [0, 0.1) is 5.92 Å². The van der Waals surface area contributed by atoms with Gasteiger partial charge in [0, 0.05) is 26.2 Å². The highest BCUT2D eigenvalue weighted by Gasteiger charge is 2.38. The van der Waals surface area contributed by atoms with E-state index in [0.717, 1.165) is 11.9 Å². The quantitative estimate of drug-likeness (QED) is 0.615. The van der Waals surface area contributed by atoms with Gasteiger partial charge in [0.1, 0.15) is 5.60 Å². The third-order valence-electron chi connectivity index (χ3n) is 4.00. The summed E-state index contributed by atoms with van der Waals surface area (Å²) in [7, 11) is 1.79. The van der Waals surface area contributed by atoms with E-state index in [4.69, 9.17) is 4.74 Å². The Morgan fingerprint density at radius 1 is 1.32 bits per heavy atom. The Morgan fingerprint density at radius 3 is 2.55 bits per heavy atom. The van der Waals surface area contributed by atoms with Crippen molar-refractivity contribution in [1.29, 1.82) is 0 Å². The standard InChI is InChI=1S/C16H30N4O2/c1-6-7-11-8-13(11)19-14(17-5)18-12-9-20(10-12)15(21)22-16(2,3)4/h11-13H,6-10H2,1-5H3,(H2,17,18,19). The highest BCUT2D eigenvalue weighted by atomic mass is 16.6. The van der Waals surface area contributed by atoms with Gasteiger partial charge in [-0.05, 0) is 39.5 Å². The second-order valence-corrected chi connectivity index (χ2v) is 7.33. The predicted octanol–water partition coefficient (Wildman–Crippen LogP) is 1.96. The Hall–Kier alpha value is -1.46. The zero-order chi connectivity index (χ0) is 16.3. The lowest BCUT2D eigenvalue weighted by Crippen LogP contribution is -2.63. The largest absolute Gasteiger partial charge is 0.444 e. The molecule has 0 aromatic rings. The lowest BCUT2D eigenvalue weighted by molar-refractivity contribution is 0.00700. The van der Waals surface area contributed by atoms with E-state index >= 15 is 0 Å². The summed E-state index contributed by atoms with van der Waals surface area (Å²) in [5, 5.41) is 6.84. The molecule has 1 aliphatic carbocycles. The van der Waals surface area contributed by atoms with Crippen molar-refractivity contribution in [3.05, 3.63) is 0 Å². The first-order chi connectivity index (χ1) is 10.3. The van der Waals surface area contributed by atoms with Crippen molar-refractivity contribution in [2.45, 2.75) is 64.6 Å². The molecular weight excluding hydrogens is 280 g/mol. The molecular formula is C16H30N4O2. The smallest absolute Gasteiger partial charge is 0.410 e. The molecule has 0 spiro atoms. The van der Waals surface area contributed by atoms with E-state index in [1.54, 1.807) is 11.9 Å². The van der Waals surface area contributed by atoms with Gasteiger partial charge in [-0.2, -0.15) is 0 Å². The molecule has 2 atom stereocenters. The number of carbonyl (C=O) groups is 1. The van der Waals surface area contributed by atoms with Gasteiger partial charge >= 0.3 is 6.09 Å². The van der Waals surface area contributed by atoms with Gasteiger partial charge in [0.25, 0.3) is 0 Å². The molecule has 6 heteroatoms. The van der Waals surface area contributed by atoms with Crippen molar-refractivity contribution in [3.8, 4) is 0 Å². The molecule has 2 N–H and O–H groups in total. The first kappa shape index (κ1) is 16.9. The predicted molar refractivity (Wildman–Crippen MR) is 88.0 cm³/mol. The monoisotopic (exact) mass is 310 g/mol. The number of likely N-dealkylation sites (tertiary alicyclic amines) is 1. The van der Waals surface area contributed by atoms with Gasteiger partial charge in [0.05, 0.1) is 6.04 Å². The molecule has 2 fully saturated rings. The molecule has 22 heavy (non-hydrogen) atoms. The summed E-state index contributed by atoms with van der Waals surface area (Å²) in [6.45, 7) is 9.21. The highest BCUT2D eigenvalue weighted by molar-refractivity contribution is 5.81. The number of hydrogen-bond donors (Lipinski definition) is 2. The second-order valence-electron chi connectivity index (χ2n) is 7.33. The number of carbonyl (C=O) groups excluding carboxylic acids is 1. The number of hydrogen-bond acceptors (Lipinski definition) is 3. The van der Waals surface area contributed by atoms with Gasteiger partial charge in [-0.1, -0.05) is 13.3 Å². The fourth-order valence-electron chi connectivity index (χ4n) is 2.70. The minimum Gasteiger partial charge on any atom is -0.444 e. The van der Waals surface area contributed by atoms with Crippen LogP contribution in [0.1, 0.15) is 47.0 Å². The lowest BCUT2D eigenvalue weighted by atomic mass is 10.1. The molecule has 0 radical (unpaired) electrons. The Labute approximate surface area is 133 Å². The zero-order valence-corrected chi connectivity index (χ0v) is 14.5. The van der Waals surface area contributed by atoms with Crippen LogP contribution in [0.5, 0.6) is 0 Å². The molecule has 1 saturated heterocycles. The van der Waals surface area contributed by atoms with Crippen LogP contribution in [0.25, 0.3) is 0 Å². The van der Waals surface area contributed by atoms with Gasteiger partial charge in [-0.15, -0.1) is 0 Å². The number of amides is 1. The number of rotatable bonds is 4. The number of ether oxygens (including phenoxy) is 1. The molecule has 1 amide bonds. The van der Waals surface area contributed by atoms with Crippen molar-refractivity contribution < 1.29 is 9.53 Å². The van der Waals surface area contributed by atoms with Gasteiger partial charge in [-0.3, -0.25) is 4.99 Å². The van der Waals surface area contributed by atoms with Crippen LogP contribution in [-0.2, 0) is 4.74 Å². The number of aliphatic imine (C=N–C) groups is 1. The third kappa shape index (κ3) is 4.78. The molecule has 1 heterocycles. The summed E-state index contributed by atoms with van der Waals surface area (Å²) < 4.78 is 5.35. The van der Waals surface area contributed by atoms with Crippen molar-refractivity contribution in [3.63, 3.8) is 0 Å². The fraction of sp³-hybridized carbons (Fsp3) is 0.875. The van der Waals surface area contributed by atoms with E-state index in [2.05, 4.69) is 22.5 Å². The van der Waals surface area contributed by atoms with E-state index in [9.17, 15) is 4.79 Å². The topological polar surface area (TPSA) is 66.0 Å². The first-order valence-electron chi connectivity index (χ1n) is 8.30. The van der Waals surface area contributed by atoms with Crippen molar-refractivity contribution >= 4 is 12.1 Å². The summed E-state index contributed by atoms with van der Waals surface area (Å²) in [5.41, 5.74) is -0.437. The molecule has 2 aliphatic rings. The first-order valence-corrected chi connectivity index (χ1v) is 8.30. The molecule has 1 saturated carbocycles. The van der Waals surface area contributed by atoms with Gasteiger partial charge < -0.3 is 20.3 Å². The van der Waals surface area contributed by atoms with E-state index in [0.29, 0.717) is 19.1 Å². The van der Waals surface area contributed by atoms with Gasteiger partial charge in [-0.25, -0.2) is 4.79 Å². The van der Waals surface area contributed by atoms with Crippen LogP contribution in [0.2, 0.25) is 0 Å². The van der Waals surface area contributed by atoms with Crippen LogP contribution >= 0.6 is 0 Å². The molecule has 6 nitrogen and oxygen atoms in total. The fourth-order valence-corrected chi connectivity index (χ4v) is 2.70. The summed E-state index contributed by atoms with van der Waals surface area (Å²) in [6, 6.07) is 0.815. The Balaban J connectivity index is 1.67. The van der Waals surface area contributed by atoms with E-state index in [1.807, 2.05) is 20.8 Å². The van der Waals surface area contributed by atoms with Crippen molar-refractivity contribution in [1.82, 2.24) is 15.5 Å². The Kier molecular flexibility index (Phi) is 5.19. The van der Waals surface area contributed by atoms with E-state index in [1.165, 1.54) is 19.3 Å². The maximum absolute atomic E-state index is 11.9. The van der Waals surface area contributed by atoms with Crippen molar-refractivity contribution in [2.24, 2.45) is 10.9 Å². The lowest BCUT2D eigenvalue weighted by Gasteiger charge is -2.40. The Bertz CT molecular complexity index is 424. The molecule has 0 bridgehead atoms. The van der Waals surface area contributed by atoms with Gasteiger partial charge in [0.2, 0.25) is 0 Å². The minimum atomic E-state index is -0.437. The highest BCUT2D eigenvalue weighted by Crippen LogP contribution is 2.34. The zero-order valence-electron chi connectivity index (χ0n) is 14.5. The molecule has 0 aromatic heterocycles. The van der Waals surface area contributed by atoms with Crippen molar-refractivity contribution in [2.75, 3.05) is 20.1 Å². The second kappa shape index (κ2) is 6.75. The van der Waals surface area contributed by atoms with Crippen LogP contribution in [0.3, 0.4) is 0 Å². The Morgan fingerprint density at radius 2 is 2.00 bits per heavy atom. The maximum atomic E-state index is 11.9. The van der Waals surface area contributed by atoms with E-state index in [-0.39, 0.29) is 12.1 Å². The normalized spacial score (nSPS) is 25.5. The summed E-state index contributed by atoms with van der Waals surface area (Å²) >= 11 is 0. The molecule has 2 unspecified atom stereocenters. The summed E-state index contributed by atoms with van der Waals surface area (Å²) in [5.74, 6) is 1.64. The summed E-state index contributed by atoms with van der Waals surface area (Å²) in [6.07, 6.45) is 3.52. The molecule has 126 valence electrons. The van der Waals surface area contributed by atoms with Crippen LogP contribution in [0.4, 0.5) is 4.79 Å². The van der Waals surface area contributed by atoms with Crippen LogP contribution < -0.4 is 10.6 Å². The molecule has 2 rings (SSSR count). The third-order valence-corrected chi connectivity index (χ3v) is 4.00. The van der Waals surface area contributed by atoms with Crippen LogP contribution in [0.15, 0.2) is 4.99 Å². The number of nitrogens with one attached hydrogen (secondary N) is 2. The maximum Gasteiger partial charge on any atom is 0.410 e. The van der Waals surface area contributed by atoms with Gasteiger partial charge in [0.15, 0.2) is 5.96 Å². The summed E-state index contributed by atoms with van der Waals surface area (Å²) in [4.78, 5) is 17.9. The SMILES string of the molecule is CCCC1CC1NC(=NC)NC1CN(C(=O)OC(C)(C)C)C1. The molecule has 1 aliphatic heterocycles. The number of guanidine groups is 1. The van der Waals surface area contributed by atoms with Crippen LogP contribution in [-0.4, -0.2) is 54.8 Å². The molecule has 0 aromatic carbocycles. The van der Waals surface area contributed by atoms with E-state index < -0.39 is 5.60 Å². The number of nitrogens with zero attached hydrogens (tertiary/aromatic N) is 2. The average molecular weight is 310 g/mol. The minimum absolute atomic E-state index is 0.237.